The Bertz CT molecular complexity index is 1010. The minimum absolute atomic E-state index is 0.225. The van der Waals surface area contributed by atoms with Crippen LogP contribution in [0.3, 0.4) is 0 Å². The first-order valence-corrected chi connectivity index (χ1v) is 11.4. The molecule has 2 aromatic carbocycles. The fraction of sp³-hybridized carbons (Fsp3) is 0.423. The number of hydrogen-bond acceptors (Lipinski definition) is 5. The molecule has 1 fully saturated rings. The normalized spacial score (nSPS) is 14.9. The predicted octanol–water partition coefficient (Wildman–Crippen LogP) is 4.37. The quantitative estimate of drug-likeness (QED) is 0.550. The number of nitrogens with zero attached hydrogens (tertiary/aromatic N) is 3. The van der Waals surface area contributed by atoms with Crippen molar-refractivity contribution in [2.75, 3.05) is 51.3 Å². The highest BCUT2D eigenvalue weighted by Gasteiger charge is 2.20. The van der Waals surface area contributed by atoms with Crippen LogP contribution in [-0.4, -0.2) is 61.4 Å². The third-order valence-corrected chi connectivity index (χ3v) is 6.27. The smallest absolute Gasteiger partial charge is 0.137 e. The van der Waals surface area contributed by atoms with Crippen molar-refractivity contribution in [2.45, 2.75) is 26.2 Å². The third kappa shape index (κ3) is 4.83. The van der Waals surface area contributed by atoms with Crippen molar-refractivity contribution in [3.05, 3.63) is 54.1 Å². The fourth-order valence-electron chi connectivity index (χ4n) is 4.41. The van der Waals surface area contributed by atoms with Crippen LogP contribution < -0.4 is 9.64 Å². The van der Waals surface area contributed by atoms with Gasteiger partial charge in [-0.1, -0.05) is 31.2 Å². The van der Waals surface area contributed by atoms with Gasteiger partial charge in [0, 0.05) is 43.7 Å². The zero-order valence-corrected chi connectivity index (χ0v) is 18.7. The number of benzene rings is 2. The molecule has 1 aromatic heterocycles. The molecule has 1 aliphatic heterocycles. The Morgan fingerprint density at radius 3 is 2.55 bits per heavy atom. The molecule has 2 heterocycles. The molecule has 0 amide bonds. The molecule has 0 unspecified atom stereocenters. The van der Waals surface area contributed by atoms with Gasteiger partial charge in [-0.25, -0.2) is 4.98 Å². The minimum atomic E-state index is 0.225. The van der Waals surface area contributed by atoms with Crippen LogP contribution in [0.15, 0.2) is 48.5 Å². The number of rotatable bonds is 8. The van der Waals surface area contributed by atoms with Crippen molar-refractivity contribution in [3.63, 3.8) is 0 Å². The molecule has 0 spiro atoms. The Morgan fingerprint density at radius 2 is 1.81 bits per heavy atom. The van der Waals surface area contributed by atoms with E-state index >= 15 is 0 Å². The SMILES string of the molecule is CCN1CCN(c2nc(-c3ccc(OC)c(CCCCO)c3)cc3ccccc23)CC1. The van der Waals surface area contributed by atoms with E-state index in [2.05, 4.69) is 59.2 Å². The Balaban J connectivity index is 1.72. The topological polar surface area (TPSA) is 48.8 Å². The summed E-state index contributed by atoms with van der Waals surface area (Å²) in [4.78, 5) is 10.1. The molecule has 5 heteroatoms. The number of methoxy groups -OCH3 is 1. The lowest BCUT2D eigenvalue weighted by atomic mass is 10.0. The van der Waals surface area contributed by atoms with Gasteiger partial charge in [-0.2, -0.15) is 0 Å². The number of ether oxygens (including phenoxy) is 1. The fourth-order valence-corrected chi connectivity index (χ4v) is 4.41. The summed E-state index contributed by atoms with van der Waals surface area (Å²) in [5.74, 6) is 1.99. The number of aryl methyl sites for hydroxylation is 1. The van der Waals surface area contributed by atoms with Crippen LogP contribution in [0.25, 0.3) is 22.0 Å². The second kappa shape index (κ2) is 10.1. The molecule has 1 aliphatic rings. The van der Waals surface area contributed by atoms with Crippen molar-refractivity contribution >= 4 is 16.6 Å². The second-order valence-corrected chi connectivity index (χ2v) is 8.18. The molecular formula is C26H33N3O2. The van der Waals surface area contributed by atoms with E-state index in [1.165, 1.54) is 16.3 Å². The molecule has 0 bridgehead atoms. The lowest BCUT2D eigenvalue weighted by Gasteiger charge is -2.35. The molecule has 0 atom stereocenters. The largest absolute Gasteiger partial charge is 0.496 e. The van der Waals surface area contributed by atoms with Gasteiger partial charge in [-0.15, -0.1) is 0 Å². The zero-order chi connectivity index (χ0) is 21.6. The number of likely N-dealkylation sites (N-methyl/N-ethyl adjacent to an activating group) is 1. The number of hydrogen-bond donors (Lipinski definition) is 1. The highest BCUT2D eigenvalue weighted by molar-refractivity contribution is 5.95. The standard InChI is InChI=1S/C26H33N3O2/c1-3-28-13-15-29(16-14-28)26-23-10-5-4-8-20(23)19-24(27-26)21-11-12-25(31-2)22(18-21)9-6-7-17-30/h4-5,8,10-12,18-19,30H,3,6-7,9,13-17H2,1-2H3. The van der Waals surface area contributed by atoms with Crippen molar-refractivity contribution in [2.24, 2.45) is 0 Å². The number of aliphatic hydroxyl groups is 1. The van der Waals surface area contributed by atoms with E-state index in [9.17, 15) is 0 Å². The summed E-state index contributed by atoms with van der Waals surface area (Å²) in [6.07, 6.45) is 2.63. The van der Waals surface area contributed by atoms with E-state index in [-0.39, 0.29) is 6.61 Å². The van der Waals surface area contributed by atoms with Crippen molar-refractivity contribution in [1.82, 2.24) is 9.88 Å². The van der Waals surface area contributed by atoms with Crippen molar-refractivity contribution in [1.29, 1.82) is 0 Å². The van der Waals surface area contributed by atoms with Crippen molar-refractivity contribution in [3.8, 4) is 17.0 Å². The zero-order valence-electron chi connectivity index (χ0n) is 18.7. The van der Waals surface area contributed by atoms with Crippen LogP contribution in [0, 0.1) is 0 Å². The maximum absolute atomic E-state index is 9.14. The second-order valence-electron chi connectivity index (χ2n) is 8.18. The molecule has 3 aromatic rings. The summed E-state index contributed by atoms with van der Waals surface area (Å²) in [6, 6.07) is 17.1. The number of piperazine rings is 1. The minimum Gasteiger partial charge on any atom is -0.496 e. The van der Waals surface area contributed by atoms with Gasteiger partial charge >= 0.3 is 0 Å². The van der Waals surface area contributed by atoms with Crippen LogP contribution in [-0.2, 0) is 6.42 Å². The van der Waals surface area contributed by atoms with Crippen LogP contribution in [0.1, 0.15) is 25.3 Å². The Hall–Kier alpha value is -2.63. The molecule has 31 heavy (non-hydrogen) atoms. The Labute approximate surface area is 185 Å². The first-order chi connectivity index (χ1) is 15.2. The van der Waals surface area contributed by atoms with E-state index < -0.39 is 0 Å². The Kier molecular flexibility index (Phi) is 7.05. The van der Waals surface area contributed by atoms with E-state index in [1.807, 2.05) is 6.07 Å². The molecule has 0 saturated carbocycles. The molecule has 1 N–H and O–H groups in total. The van der Waals surface area contributed by atoms with Gasteiger partial charge in [-0.05, 0) is 61.0 Å². The van der Waals surface area contributed by atoms with Gasteiger partial charge < -0.3 is 19.6 Å². The molecule has 164 valence electrons. The highest BCUT2D eigenvalue weighted by Crippen LogP contribution is 2.33. The number of pyridine rings is 1. The van der Waals surface area contributed by atoms with E-state index in [1.54, 1.807) is 7.11 Å². The van der Waals surface area contributed by atoms with Gasteiger partial charge in [0.15, 0.2) is 0 Å². The summed E-state index contributed by atoms with van der Waals surface area (Å²) >= 11 is 0. The average Bonchev–Trinajstić information content (AvgIpc) is 2.83. The summed E-state index contributed by atoms with van der Waals surface area (Å²) < 4.78 is 5.58. The molecule has 1 saturated heterocycles. The highest BCUT2D eigenvalue weighted by atomic mass is 16.5. The van der Waals surface area contributed by atoms with Crippen LogP contribution in [0.5, 0.6) is 5.75 Å². The molecule has 0 radical (unpaired) electrons. The predicted molar refractivity (Wildman–Crippen MR) is 128 cm³/mol. The van der Waals surface area contributed by atoms with Gasteiger partial charge in [0.05, 0.1) is 12.8 Å². The van der Waals surface area contributed by atoms with Crippen LogP contribution >= 0.6 is 0 Å². The van der Waals surface area contributed by atoms with Gasteiger partial charge in [-0.3, -0.25) is 0 Å². The van der Waals surface area contributed by atoms with Gasteiger partial charge in [0.25, 0.3) is 0 Å². The maximum atomic E-state index is 9.14. The van der Waals surface area contributed by atoms with E-state index in [4.69, 9.17) is 14.8 Å². The summed E-state index contributed by atoms with van der Waals surface area (Å²) in [5, 5.41) is 11.6. The van der Waals surface area contributed by atoms with Crippen LogP contribution in [0.4, 0.5) is 5.82 Å². The number of aliphatic hydroxyl groups excluding tert-OH is 1. The average molecular weight is 420 g/mol. The van der Waals surface area contributed by atoms with Crippen LogP contribution in [0.2, 0.25) is 0 Å². The maximum Gasteiger partial charge on any atom is 0.137 e. The molecule has 4 rings (SSSR count). The number of aromatic nitrogens is 1. The van der Waals surface area contributed by atoms with E-state index in [0.29, 0.717) is 0 Å². The van der Waals surface area contributed by atoms with E-state index in [0.717, 1.165) is 74.8 Å². The third-order valence-electron chi connectivity index (χ3n) is 6.27. The monoisotopic (exact) mass is 419 g/mol. The molecular weight excluding hydrogens is 386 g/mol. The molecule has 0 aliphatic carbocycles. The number of unbranched alkanes of at least 4 members (excludes halogenated alkanes) is 1. The Morgan fingerprint density at radius 1 is 1.00 bits per heavy atom. The number of fused-ring (bicyclic) bond motifs is 1. The first-order valence-electron chi connectivity index (χ1n) is 11.4. The lowest BCUT2D eigenvalue weighted by Crippen LogP contribution is -2.46. The van der Waals surface area contributed by atoms with Gasteiger partial charge in [0.1, 0.15) is 11.6 Å². The van der Waals surface area contributed by atoms with Crippen molar-refractivity contribution < 1.29 is 9.84 Å². The summed E-state index contributed by atoms with van der Waals surface area (Å²) in [7, 11) is 1.72. The van der Waals surface area contributed by atoms with Gasteiger partial charge in [0.2, 0.25) is 0 Å². The number of anilines is 1. The summed E-state index contributed by atoms with van der Waals surface area (Å²) in [6.45, 7) is 7.72. The molecule has 5 nitrogen and oxygen atoms in total. The summed E-state index contributed by atoms with van der Waals surface area (Å²) in [5.41, 5.74) is 3.28. The lowest BCUT2D eigenvalue weighted by molar-refractivity contribution is 0.271. The first kappa shape index (κ1) is 21.6.